The van der Waals surface area contributed by atoms with Gasteiger partial charge in [-0.05, 0) is 0 Å². The third-order valence-electron chi connectivity index (χ3n) is 2.05. The Labute approximate surface area is 86.1 Å². The van der Waals surface area contributed by atoms with Crippen LogP contribution in [0.1, 0.15) is 23.0 Å². The summed E-state index contributed by atoms with van der Waals surface area (Å²) in [7, 11) is 0. The first kappa shape index (κ1) is 9.57. The van der Waals surface area contributed by atoms with Crippen LogP contribution in [-0.4, -0.2) is 28.3 Å². The van der Waals surface area contributed by atoms with Gasteiger partial charge >= 0.3 is 0 Å². The van der Waals surface area contributed by atoms with Crippen molar-refractivity contribution in [2.24, 2.45) is 0 Å². The van der Waals surface area contributed by atoms with Gasteiger partial charge in [0.25, 0.3) is 5.91 Å². The Bertz CT molecular complexity index is 430. The lowest BCUT2D eigenvalue weighted by Gasteiger charge is -2.15. The molecule has 1 aromatic heterocycles. The van der Waals surface area contributed by atoms with Crippen LogP contribution in [0.4, 0.5) is 5.95 Å². The number of hydrogen-bond acceptors (Lipinski definition) is 4. The molecule has 0 saturated carbocycles. The maximum Gasteiger partial charge on any atom is 0.254 e. The van der Waals surface area contributed by atoms with Crippen molar-refractivity contribution in [3.8, 4) is 0 Å². The minimum Gasteiger partial charge on any atom is -0.352 e. The van der Waals surface area contributed by atoms with E-state index in [4.69, 9.17) is 0 Å². The van der Waals surface area contributed by atoms with Crippen molar-refractivity contribution in [1.82, 2.24) is 15.3 Å². The molecule has 2 amide bonds. The molecule has 0 fully saturated rings. The summed E-state index contributed by atoms with van der Waals surface area (Å²) < 4.78 is 0. The summed E-state index contributed by atoms with van der Waals surface area (Å²) in [6.07, 6.45) is 2.10. The van der Waals surface area contributed by atoms with Gasteiger partial charge in [-0.3, -0.25) is 14.9 Å². The van der Waals surface area contributed by atoms with Gasteiger partial charge in [0.15, 0.2) is 0 Å². The second-order valence-electron chi connectivity index (χ2n) is 3.24. The highest BCUT2D eigenvalue weighted by molar-refractivity contribution is 5.96. The van der Waals surface area contributed by atoms with E-state index in [1.54, 1.807) is 0 Å². The third kappa shape index (κ3) is 1.93. The third-order valence-corrected chi connectivity index (χ3v) is 2.05. The number of fused-ring (bicyclic) bond motifs is 1. The molecule has 0 bridgehead atoms. The second-order valence-corrected chi connectivity index (χ2v) is 3.24. The molecule has 0 atom stereocenters. The van der Waals surface area contributed by atoms with Crippen LogP contribution in [-0.2, 0) is 11.2 Å². The molecule has 0 radical (unpaired) electrons. The Hall–Kier alpha value is -1.98. The number of carbonyl (C=O) groups is 2. The summed E-state index contributed by atoms with van der Waals surface area (Å²) in [6, 6.07) is 0. The van der Waals surface area contributed by atoms with Crippen molar-refractivity contribution in [2.45, 2.75) is 13.3 Å². The number of nitrogens with one attached hydrogen (secondary N) is 2. The molecule has 6 heteroatoms. The van der Waals surface area contributed by atoms with Crippen LogP contribution in [0.2, 0.25) is 0 Å². The molecule has 1 aromatic rings. The maximum absolute atomic E-state index is 11.3. The van der Waals surface area contributed by atoms with E-state index < -0.39 is 0 Å². The first-order valence-corrected chi connectivity index (χ1v) is 4.58. The van der Waals surface area contributed by atoms with Crippen molar-refractivity contribution in [3.05, 3.63) is 17.5 Å². The van der Waals surface area contributed by atoms with Crippen molar-refractivity contribution >= 4 is 17.8 Å². The van der Waals surface area contributed by atoms with Crippen LogP contribution < -0.4 is 10.6 Å². The van der Waals surface area contributed by atoms with Crippen LogP contribution in [0, 0.1) is 0 Å². The Morgan fingerprint density at radius 2 is 2.40 bits per heavy atom. The van der Waals surface area contributed by atoms with E-state index in [0.29, 0.717) is 24.2 Å². The zero-order valence-electron chi connectivity index (χ0n) is 8.20. The Balaban J connectivity index is 2.33. The number of rotatable bonds is 1. The van der Waals surface area contributed by atoms with Crippen molar-refractivity contribution in [1.29, 1.82) is 0 Å². The molecule has 2 rings (SSSR count). The van der Waals surface area contributed by atoms with Crippen LogP contribution in [0.5, 0.6) is 0 Å². The molecule has 0 spiro atoms. The molecule has 2 heterocycles. The molecular formula is C9H10N4O2. The highest BCUT2D eigenvalue weighted by Gasteiger charge is 2.18. The summed E-state index contributed by atoms with van der Waals surface area (Å²) in [5.41, 5.74) is 1.16. The first-order valence-electron chi connectivity index (χ1n) is 4.58. The average Bonchev–Trinajstić information content (AvgIpc) is 2.17. The second kappa shape index (κ2) is 3.64. The van der Waals surface area contributed by atoms with Gasteiger partial charge in [0, 0.05) is 26.1 Å². The van der Waals surface area contributed by atoms with E-state index in [0.717, 1.165) is 0 Å². The number of aromatic nitrogens is 2. The normalized spacial score (nSPS) is 14.1. The minimum absolute atomic E-state index is 0.161. The van der Waals surface area contributed by atoms with E-state index in [9.17, 15) is 9.59 Å². The topological polar surface area (TPSA) is 84.0 Å². The van der Waals surface area contributed by atoms with Crippen LogP contribution in [0.25, 0.3) is 0 Å². The number of nitrogens with zero attached hydrogens (tertiary/aromatic N) is 2. The highest BCUT2D eigenvalue weighted by Crippen LogP contribution is 2.11. The van der Waals surface area contributed by atoms with Crippen molar-refractivity contribution in [3.63, 3.8) is 0 Å². The van der Waals surface area contributed by atoms with Gasteiger partial charge < -0.3 is 5.32 Å². The van der Waals surface area contributed by atoms with Crippen molar-refractivity contribution in [2.75, 3.05) is 11.9 Å². The Morgan fingerprint density at radius 3 is 3.13 bits per heavy atom. The van der Waals surface area contributed by atoms with Gasteiger partial charge in [0.2, 0.25) is 11.9 Å². The van der Waals surface area contributed by atoms with Gasteiger partial charge in [-0.15, -0.1) is 0 Å². The lowest BCUT2D eigenvalue weighted by Crippen LogP contribution is -2.33. The SMILES string of the molecule is CC(=O)Nc1ncc2c(n1)CCNC2=O. The fraction of sp³-hybridized carbons (Fsp3) is 0.333. The van der Waals surface area contributed by atoms with Crippen molar-refractivity contribution < 1.29 is 9.59 Å². The predicted molar refractivity (Wildman–Crippen MR) is 52.4 cm³/mol. The summed E-state index contributed by atoms with van der Waals surface area (Å²) in [6.45, 7) is 1.96. The monoisotopic (exact) mass is 206 g/mol. The fourth-order valence-electron chi connectivity index (χ4n) is 1.40. The molecule has 1 aliphatic heterocycles. The van der Waals surface area contributed by atoms with Gasteiger partial charge in [-0.2, -0.15) is 0 Å². The van der Waals surface area contributed by atoms with E-state index in [1.165, 1.54) is 13.1 Å². The van der Waals surface area contributed by atoms with E-state index in [2.05, 4.69) is 20.6 Å². The Kier molecular flexibility index (Phi) is 2.32. The van der Waals surface area contributed by atoms with E-state index >= 15 is 0 Å². The zero-order chi connectivity index (χ0) is 10.8. The number of carbonyl (C=O) groups excluding carboxylic acids is 2. The summed E-state index contributed by atoms with van der Waals surface area (Å²) in [5, 5.41) is 5.17. The molecule has 0 aliphatic carbocycles. The number of anilines is 1. The summed E-state index contributed by atoms with van der Waals surface area (Å²) in [5.74, 6) is -0.142. The molecule has 0 saturated heterocycles. The molecule has 0 unspecified atom stereocenters. The quantitative estimate of drug-likeness (QED) is 0.662. The molecule has 1 aliphatic rings. The molecule has 78 valence electrons. The molecule has 0 aromatic carbocycles. The average molecular weight is 206 g/mol. The lowest BCUT2D eigenvalue weighted by atomic mass is 10.1. The van der Waals surface area contributed by atoms with E-state index in [-0.39, 0.29) is 17.8 Å². The highest BCUT2D eigenvalue weighted by atomic mass is 16.2. The predicted octanol–water partition coefficient (Wildman–Crippen LogP) is -0.279. The molecule has 2 N–H and O–H groups in total. The smallest absolute Gasteiger partial charge is 0.254 e. The van der Waals surface area contributed by atoms with Crippen LogP contribution in [0.15, 0.2) is 6.20 Å². The minimum atomic E-state index is -0.227. The Morgan fingerprint density at radius 1 is 1.60 bits per heavy atom. The van der Waals surface area contributed by atoms with E-state index in [1.807, 2.05) is 0 Å². The van der Waals surface area contributed by atoms with Gasteiger partial charge in [0.1, 0.15) is 0 Å². The fourth-order valence-corrected chi connectivity index (χ4v) is 1.40. The first-order chi connectivity index (χ1) is 7.16. The molecular weight excluding hydrogens is 196 g/mol. The molecule has 15 heavy (non-hydrogen) atoms. The van der Waals surface area contributed by atoms with Gasteiger partial charge in [-0.25, -0.2) is 9.97 Å². The summed E-state index contributed by atoms with van der Waals surface area (Å²) in [4.78, 5) is 30.1. The summed E-state index contributed by atoms with van der Waals surface area (Å²) >= 11 is 0. The van der Waals surface area contributed by atoms with Crippen LogP contribution in [0.3, 0.4) is 0 Å². The van der Waals surface area contributed by atoms with Crippen LogP contribution >= 0.6 is 0 Å². The van der Waals surface area contributed by atoms with Gasteiger partial charge in [-0.1, -0.05) is 0 Å². The lowest BCUT2D eigenvalue weighted by molar-refractivity contribution is -0.114. The molecule has 6 nitrogen and oxygen atoms in total. The number of hydrogen-bond donors (Lipinski definition) is 2. The largest absolute Gasteiger partial charge is 0.352 e. The number of amides is 2. The standard InChI is InChI=1S/C9H10N4O2/c1-5(14)12-9-11-4-6-7(13-9)2-3-10-8(6)15/h4H,2-3H2,1H3,(H,10,15)(H,11,12,13,14). The van der Waals surface area contributed by atoms with Gasteiger partial charge in [0.05, 0.1) is 11.3 Å². The maximum atomic E-state index is 11.3. The zero-order valence-corrected chi connectivity index (χ0v) is 8.20.